The van der Waals surface area contributed by atoms with E-state index in [2.05, 4.69) is 0 Å². The summed E-state index contributed by atoms with van der Waals surface area (Å²) in [4.78, 5) is 21.1. The fourth-order valence-electron chi connectivity index (χ4n) is 1.13. The van der Waals surface area contributed by atoms with E-state index in [4.69, 9.17) is 5.73 Å². The molecule has 1 rings (SSSR count). The minimum atomic E-state index is -0.347. The lowest BCUT2D eigenvalue weighted by atomic mass is 10.0. The molecule has 2 N–H and O–H groups in total. The number of aldehydes is 1. The van der Waals surface area contributed by atoms with Crippen molar-refractivity contribution in [3.63, 3.8) is 0 Å². The number of carbonyl (C=O) groups is 2. The third-order valence-corrected chi connectivity index (χ3v) is 1.82. The van der Waals surface area contributed by atoms with Gasteiger partial charge in [0.2, 0.25) is 5.91 Å². The Labute approximate surface area is 76.6 Å². The number of hydrogen-bond acceptors (Lipinski definition) is 2. The third kappa shape index (κ3) is 2.71. The predicted molar refractivity (Wildman–Crippen MR) is 49.3 cm³/mol. The molecule has 0 aliphatic rings. The van der Waals surface area contributed by atoms with E-state index in [9.17, 15) is 9.59 Å². The molecule has 0 saturated carbocycles. The summed E-state index contributed by atoms with van der Waals surface area (Å²) >= 11 is 0. The van der Waals surface area contributed by atoms with Gasteiger partial charge < -0.3 is 5.73 Å². The molecule has 0 atom stereocenters. The molecular formula is C10H11NO2. The van der Waals surface area contributed by atoms with Crippen molar-refractivity contribution < 1.29 is 9.59 Å². The number of aryl methyl sites for hydroxylation is 1. The maximum absolute atomic E-state index is 10.6. The van der Waals surface area contributed by atoms with Crippen LogP contribution in [0.1, 0.15) is 22.3 Å². The van der Waals surface area contributed by atoms with Crippen molar-refractivity contribution in [3.8, 4) is 0 Å². The maximum atomic E-state index is 10.6. The van der Waals surface area contributed by atoms with Crippen LogP contribution in [0.25, 0.3) is 0 Å². The predicted octanol–water partition coefficient (Wildman–Crippen LogP) is 0.917. The Kier molecular flexibility index (Phi) is 3.20. The molecule has 0 saturated heterocycles. The molecule has 1 aromatic carbocycles. The van der Waals surface area contributed by atoms with Crippen molar-refractivity contribution in [3.05, 3.63) is 35.4 Å². The van der Waals surface area contributed by atoms with E-state index >= 15 is 0 Å². The molecule has 1 amide bonds. The van der Waals surface area contributed by atoms with Crippen molar-refractivity contribution in [1.29, 1.82) is 0 Å². The molecule has 0 radical (unpaired) electrons. The summed E-state index contributed by atoms with van der Waals surface area (Å²) in [7, 11) is 0. The molecule has 0 spiro atoms. The monoisotopic (exact) mass is 177 g/mol. The highest BCUT2D eigenvalue weighted by Crippen LogP contribution is 2.08. The van der Waals surface area contributed by atoms with Crippen LogP contribution in [-0.4, -0.2) is 12.2 Å². The fraction of sp³-hybridized carbons (Fsp3) is 0.200. The second-order valence-corrected chi connectivity index (χ2v) is 2.78. The number of primary amides is 1. The van der Waals surface area contributed by atoms with Crippen LogP contribution in [0.15, 0.2) is 24.3 Å². The SMILES string of the molecule is NC(=O)CCc1ccccc1C=O. The van der Waals surface area contributed by atoms with E-state index in [1.807, 2.05) is 12.1 Å². The summed E-state index contributed by atoms with van der Waals surface area (Å²) in [6, 6.07) is 7.18. The fourth-order valence-corrected chi connectivity index (χ4v) is 1.13. The van der Waals surface area contributed by atoms with Gasteiger partial charge in [0, 0.05) is 12.0 Å². The molecule has 3 nitrogen and oxygen atoms in total. The summed E-state index contributed by atoms with van der Waals surface area (Å²) < 4.78 is 0. The van der Waals surface area contributed by atoms with E-state index in [0.29, 0.717) is 12.0 Å². The molecular weight excluding hydrogens is 166 g/mol. The number of carbonyl (C=O) groups excluding carboxylic acids is 2. The van der Waals surface area contributed by atoms with Crippen LogP contribution in [0.5, 0.6) is 0 Å². The molecule has 0 aliphatic carbocycles. The van der Waals surface area contributed by atoms with Gasteiger partial charge in [-0.05, 0) is 12.0 Å². The summed E-state index contributed by atoms with van der Waals surface area (Å²) in [6.45, 7) is 0. The minimum absolute atomic E-state index is 0.283. The van der Waals surface area contributed by atoms with Gasteiger partial charge in [-0.2, -0.15) is 0 Å². The first-order valence-corrected chi connectivity index (χ1v) is 4.05. The highest BCUT2D eigenvalue weighted by molar-refractivity contribution is 5.78. The Bertz CT molecular complexity index is 320. The van der Waals surface area contributed by atoms with Gasteiger partial charge in [0.15, 0.2) is 0 Å². The van der Waals surface area contributed by atoms with Crippen LogP contribution in [0, 0.1) is 0 Å². The van der Waals surface area contributed by atoms with E-state index < -0.39 is 0 Å². The number of benzene rings is 1. The minimum Gasteiger partial charge on any atom is -0.370 e. The van der Waals surface area contributed by atoms with Crippen molar-refractivity contribution in [2.75, 3.05) is 0 Å². The second-order valence-electron chi connectivity index (χ2n) is 2.78. The first kappa shape index (κ1) is 9.45. The van der Waals surface area contributed by atoms with Gasteiger partial charge in [0.1, 0.15) is 6.29 Å². The topological polar surface area (TPSA) is 60.2 Å². The van der Waals surface area contributed by atoms with Crippen LogP contribution >= 0.6 is 0 Å². The largest absolute Gasteiger partial charge is 0.370 e. The zero-order chi connectivity index (χ0) is 9.68. The van der Waals surface area contributed by atoms with Gasteiger partial charge >= 0.3 is 0 Å². The molecule has 0 aromatic heterocycles. The van der Waals surface area contributed by atoms with Crippen LogP contribution in [-0.2, 0) is 11.2 Å². The van der Waals surface area contributed by atoms with Crippen LogP contribution in [0.2, 0.25) is 0 Å². The molecule has 68 valence electrons. The quantitative estimate of drug-likeness (QED) is 0.695. The van der Waals surface area contributed by atoms with E-state index in [1.165, 1.54) is 0 Å². The first-order valence-electron chi connectivity index (χ1n) is 4.05. The van der Waals surface area contributed by atoms with Crippen molar-refractivity contribution in [1.82, 2.24) is 0 Å². The highest BCUT2D eigenvalue weighted by Gasteiger charge is 2.01. The second kappa shape index (κ2) is 4.40. The van der Waals surface area contributed by atoms with E-state index in [-0.39, 0.29) is 12.3 Å². The molecule has 1 aromatic rings. The lowest BCUT2D eigenvalue weighted by Crippen LogP contribution is -2.11. The van der Waals surface area contributed by atoms with Crippen LogP contribution < -0.4 is 5.73 Å². The smallest absolute Gasteiger partial charge is 0.217 e. The Morgan fingerprint density at radius 3 is 2.69 bits per heavy atom. The summed E-state index contributed by atoms with van der Waals surface area (Å²) in [5.74, 6) is -0.347. The molecule has 0 bridgehead atoms. The number of rotatable bonds is 4. The number of hydrogen-bond donors (Lipinski definition) is 1. The third-order valence-electron chi connectivity index (χ3n) is 1.82. The van der Waals surface area contributed by atoms with Gasteiger partial charge in [0.25, 0.3) is 0 Å². The van der Waals surface area contributed by atoms with Gasteiger partial charge in [-0.15, -0.1) is 0 Å². The van der Waals surface area contributed by atoms with E-state index in [0.717, 1.165) is 11.8 Å². The molecule has 0 aliphatic heterocycles. The summed E-state index contributed by atoms with van der Waals surface area (Å²) in [6.07, 6.45) is 1.60. The Morgan fingerprint density at radius 2 is 2.08 bits per heavy atom. The van der Waals surface area contributed by atoms with Crippen molar-refractivity contribution >= 4 is 12.2 Å². The lowest BCUT2D eigenvalue weighted by Gasteiger charge is -2.01. The average Bonchev–Trinajstić information content (AvgIpc) is 2.15. The van der Waals surface area contributed by atoms with E-state index in [1.54, 1.807) is 12.1 Å². The highest BCUT2D eigenvalue weighted by atomic mass is 16.1. The normalized spacial score (nSPS) is 9.54. The first-order chi connectivity index (χ1) is 6.24. The zero-order valence-corrected chi connectivity index (χ0v) is 7.19. The standard InChI is InChI=1S/C10H11NO2/c11-10(13)6-5-8-3-1-2-4-9(8)7-12/h1-4,7H,5-6H2,(H2,11,13). The number of amides is 1. The van der Waals surface area contributed by atoms with Gasteiger partial charge in [-0.1, -0.05) is 24.3 Å². The number of nitrogens with two attached hydrogens (primary N) is 1. The molecule has 0 heterocycles. The molecule has 0 unspecified atom stereocenters. The Morgan fingerprint density at radius 1 is 1.38 bits per heavy atom. The molecule has 0 fully saturated rings. The maximum Gasteiger partial charge on any atom is 0.217 e. The Balaban J connectivity index is 2.75. The zero-order valence-electron chi connectivity index (χ0n) is 7.19. The van der Waals surface area contributed by atoms with Crippen LogP contribution in [0.3, 0.4) is 0 Å². The van der Waals surface area contributed by atoms with Gasteiger partial charge in [-0.25, -0.2) is 0 Å². The van der Waals surface area contributed by atoms with Crippen LogP contribution in [0.4, 0.5) is 0 Å². The average molecular weight is 177 g/mol. The molecule has 3 heteroatoms. The van der Waals surface area contributed by atoms with Crippen molar-refractivity contribution in [2.24, 2.45) is 5.73 Å². The van der Waals surface area contributed by atoms with Gasteiger partial charge in [-0.3, -0.25) is 9.59 Å². The van der Waals surface area contributed by atoms with Gasteiger partial charge in [0.05, 0.1) is 0 Å². The summed E-state index contributed by atoms with van der Waals surface area (Å²) in [5.41, 5.74) is 6.50. The summed E-state index contributed by atoms with van der Waals surface area (Å²) in [5, 5.41) is 0. The lowest BCUT2D eigenvalue weighted by molar-refractivity contribution is -0.117. The molecule has 13 heavy (non-hydrogen) atoms. The van der Waals surface area contributed by atoms with Crippen molar-refractivity contribution in [2.45, 2.75) is 12.8 Å². The Hall–Kier alpha value is -1.64.